The molecule has 1 atom stereocenters. The van der Waals surface area contributed by atoms with Gasteiger partial charge < -0.3 is 10.6 Å². The van der Waals surface area contributed by atoms with E-state index in [2.05, 4.69) is 10.6 Å². The first-order chi connectivity index (χ1) is 13.3. The number of hydrogen-bond acceptors (Lipinski definition) is 5. The number of carbonyl (C=O) groups excluding carboxylic acids is 2. The zero-order valence-corrected chi connectivity index (χ0v) is 17.7. The van der Waals surface area contributed by atoms with Gasteiger partial charge in [-0.25, -0.2) is 8.42 Å². The number of benzene rings is 2. The fraction of sp³-hybridized carbons (Fsp3) is 0.211. The third-order valence-electron chi connectivity index (χ3n) is 3.75. The summed E-state index contributed by atoms with van der Waals surface area (Å²) in [6, 6.07) is 15.6. The first-order valence-corrected chi connectivity index (χ1v) is 11.2. The van der Waals surface area contributed by atoms with E-state index in [0.717, 1.165) is 3.57 Å². The zero-order chi connectivity index (χ0) is 20.6. The minimum atomic E-state index is -3.72. The lowest BCUT2D eigenvalue weighted by molar-refractivity contribution is -0.122. The van der Waals surface area contributed by atoms with E-state index in [1.165, 1.54) is 0 Å². The number of nitrogens with one attached hydrogen (secondary N) is 2. The topological polar surface area (TPSA) is 116 Å². The van der Waals surface area contributed by atoms with Crippen LogP contribution in [0.5, 0.6) is 0 Å². The van der Waals surface area contributed by atoms with Crippen LogP contribution in [-0.4, -0.2) is 38.6 Å². The summed E-state index contributed by atoms with van der Waals surface area (Å²) in [4.78, 5) is 24.7. The van der Waals surface area contributed by atoms with E-state index in [1.54, 1.807) is 60.7 Å². The molecule has 146 valence electrons. The molecule has 0 saturated heterocycles. The molecule has 0 heterocycles. The molecule has 2 N–H and O–H groups in total. The predicted molar refractivity (Wildman–Crippen MR) is 113 cm³/mol. The molecule has 0 bridgehead atoms. The van der Waals surface area contributed by atoms with Gasteiger partial charge in [0.25, 0.3) is 5.91 Å². The lowest BCUT2D eigenvalue weighted by Gasteiger charge is -2.18. The molecular weight excluding hydrogens is 493 g/mol. The molecule has 2 amide bonds. The van der Waals surface area contributed by atoms with Crippen LogP contribution in [0, 0.1) is 14.9 Å². The Kier molecular flexibility index (Phi) is 7.95. The van der Waals surface area contributed by atoms with Crippen LogP contribution in [0.3, 0.4) is 0 Å². The Balaban J connectivity index is 2.18. The van der Waals surface area contributed by atoms with Crippen LogP contribution in [0.2, 0.25) is 0 Å². The highest BCUT2D eigenvalue weighted by atomic mass is 127. The molecule has 2 aromatic rings. The van der Waals surface area contributed by atoms with E-state index in [4.69, 9.17) is 5.26 Å². The fourth-order valence-electron chi connectivity index (χ4n) is 2.43. The number of hydrogen-bond donors (Lipinski definition) is 2. The van der Waals surface area contributed by atoms with Crippen LogP contribution in [0.1, 0.15) is 15.9 Å². The maximum absolute atomic E-state index is 12.7. The number of nitrogens with zero attached hydrogens (tertiary/aromatic N) is 1. The fourth-order valence-corrected chi connectivity index (χ4v) is 4.85. The molecule has 0 saturated carbocycles. The van der Waals surface area contributed by atoms with Crippen molar-refractivity contribution in [1.82, 2.24) is 10.6 Å². The van der Waals surface area contributed by atoms with Crippen molar-refractivity contribution >= 4 is 44.2 Å². The monoisotopic (exact) mass is 511 g/mol. The Hall–Kier alpha value is -2.45. The van der Waals surface area contributed by atoms with Gasteiger partial charge in [0.05, 0.1) is 17.6 Å². The van der Waals surface area contributed by atoms with E-state index in [1.807, 2.05) is 22.6 Å². The molecule has 9 heteroatoms. The van der Waals surface area contributed by atoms with Gasteiger partial charge in [-0.3, -0.25) is 9.59 Å². The van der Waals surface area contributed by atoms with Gasteiger partial charge in [-0.2, -0.15) is 5.26 Å². The Morgan fingerprint density at radius 3 is 2.36 bits per heavy atom. The number of nitriles is 1. The summed E-state index contributed by atoms with van der Waals surface area (Å²) in [5.74, 6) is -2.12. The molecular formula is C19H18IN3O4S. The van der Waals surface area contributed by atoms with Crippen molar-refractivity contribution < 1.29 is 18.0 Å². The van der Waals surface area contributed by atoms with Crippen molar-refractivity contribution in [3.63, 3.8) is 0 Å². The number of halogens is 1. The molecule has 0 fully saturated rings. The van der Waals surface area contributed by atoms with Gasteiger partial charge in [0.1, 0.15) is 12.6 Å². The Bertz CT molecular complexity index is 988. The molecule has 28 heavy (non-hydrogen) atoms. The van der Waals surface area contributed by atoms with Gasteiger partial charge in [-0.1, -0.05) is 36.4 Å². The van der Waals surface area contributed by atoms with Crippen LogP contribution >= 0.6 is 22.6 Å². The van der Waals surface area contributed by atoms with Crippen molar-refractivity contribution in [2.75, 3.05) is 12.3 Å². The van der Waals surface area contributed by atoms with Crippen molar-refractivity contribution in [3.05, 3.63) is 69.3 Å². The summed E-state index contributed by atoms with van der Waals surface area (Å²) in [7, 11) is -3.72. The van der Waals surface area contributed by atoms with Crippen LogP contribution < -0.4 is 10.6 Å². The molecule has 0 aliphatic carbocycles. The average molecular weight is 511 g/mol. The number of sulfone groups is 1. The third-order valence-corrected chi connectivity index (χ3v) is 6.40. The van der Waals surface area contributed by atoms with Gasteiger partial charge in [-0.15, -0.1) is 0 Å². The molecule has 0 aliphatic rings. The van der Waals surface area contributed by atoms with E-state index in [0.29, 0.717) is 11.1 Å². The summed E-state index contributed by atoms with van der Waals surface area (Å²) in [5, 5.41) is 13.4. The summed E-state index contributed by atoms with van der Waals surface area (Å²) in [6.07, 6.45) is 0. The van der Waals surface area contributed by atoms with Gasteiger partial charge in [0.15, 0.2) is 9.84 Å². The van der Waals surface area contributed by atoms with Crippen LogP contribution in [0.25, 0.3) is 0 Å². The van der Waals surface area contributed by atoms with E-state index in [-0.39, 0.29) is 12.3 Å². The molecule has 0 radical (unpaired) electrons. The second kappa shape index (κ2) is 10.2. The SMILES string of the molecule is N#CCNC(=O)C(CS(=O)(=O)Cc1ccccc1I)NC(=O)c1ccccc1. The van der Waals surface area contributed by atoms with Crippen molar-refractivity contribution in [2.24, 2.45) is 0 Å². The van der Waals surface area contributed by atoms with Crippen LogP contribution in [0.4, 0.5) is 0 Å². The predicted octanol–water partition coefficient (Wildman–Crippen LogP) is 1.64. The zero-order valence-electron chi connectivity index (χ0n) is 14.8. The Morgan fingerprint density at radius 1 is 1.07 bits per heavy atom. The summed E-state index contributed by atoms with van der Waals surface area (Å²) in [5.41, 5.74) is 0.921. The maximum Gasteiger partial charge on any atom is 0.251 e. The molecule has 1 unspecified atom stereocenters. The quantitative estimate of drug-likeness (QED) is 0.413. The molecule has 0 spiro atoms. The standard InChI is InChI=1S/C19H18IN3O4S/c20-16-9-5-4-8-15(16)12-28(26,27)13-17(19(25)22-11-10-21)23-18(24)14-6-2-1-3-7-14/h1-9,17H,11-13H2,(H,22,25)(H,23,24). The largest absolute Gasteiger partial charge is 0.341 e. The van der Waals surface area contributed by atoms with Crippen LogP contribution in [0.15, 0.2) is 54.6 Å². The Morgan fingerprint density at radius 2 is 1.71 bits per heavy atom. The van der Waals surface area contributed by atoms with E-state index in [9.17, 15) is 18.0 Å². The van der Waals surface area contributed by atoms with Crippen molar-refractivity contribution in [2.45, 2.75) is 11.8 Å². The number of amides is 2. The molecule has 2 rings (SSSR count). The van der Waals surface area contributed by atoms with Gasteiger partial charge in [0.2, 0.25) is 5.91 Å². The average Bonchev–Trinajstić information content (AvgIpc) is 2.67. The highest BCUT2D eigenvalue weighted by molar-refractivity contribution is 14.1. The molecule has 2 aromatic carbocycles. The summed E-state index contributed by atoms with van der Waals surface area (Å²) < 4.78 is 26.1. The Labute approximate surface area is 177 Å². The smallest absolute Gasteiger partial charge is 0.251 e. The minimum Gasteiger partial charge on any atom is -0.341 e. The molecule has 0 aliphatic heterocycles. The van der Waals surface area contributed by atoms with Crippen molar-refractivity contribution in [3.8, 4) is 6.07 Å². The van der Waals surface area contributed by atoms with Gasteiger partial charge >= 0.3 is 0 Å². The molecule has 7 nitrogen and oxygen atoms in total. The highest BCUT2D eigenvalue weighted by Gasteiger charge is 2.28. The normalized spacial score (nSPS) is 11.9. The lowest BCUT2D eigenvalue weighted by Crippen LogP contribution is -2.50. The van der Waals surface area contributed by atoms with Crippen LogP contribution in [-0.2, 0) is 20.4 Å². The highest BCUT2D eigenvalue weighted by Crippen LogP contribution is 2.15. The van der Waals surface area contributed by atoms with E-state index < -0.39 is 33.4 Å². The first kappa shape index (κ1) is 21.8. The summed E-state index contributed by atoms with van der Waals surface area (Å²) >= 11 is 2.04. The molecule has 0 aromatic heterocycles. The second-order valence-electron chi connectivity index (χ2n) is 5.91. The third kappa shape index (κ3) is 6.61. The van der Waals surface area contributed by atoms with Crippen molar-refractivity contribution in [1.29, 1.82) is 5.26 Å². The van der Waals surface area contributed by atoms with Gasteiger partial charge in [-0.05, 0) is 46.4 Å². The number of carbonyl (C=O) groups is 2. The summed E-state index contributed by atoms with van der Waals surface area (Å²) in [6.45, 7) is -0.285. The maximum atomic E-state index is 12.7. The van der Waals surface area contributed by atoms with Gasteiger partial charge in [0, 0.05) is 9.13 Å². The number of rotatable bonds is 8. The minimum absolute atomic E-state index is 0.255. The van der Waals surface area contributed by atoms with E-state index >= 15 is 0 Å². The first-order valence-electron chi connectivity index (χ1n) is 8.27. The lowest BCUT2D eigenvalue weighted by atomic mass is 10.2. The second-order valence-corrected chi connectivity index (χ2v) is 9.19.